The summed E-state index contributed by atoms with van der Waals surface area (Å²) in [5.41, 5.74) is 5.49. The third-order valence-corrected chi connectivity index (χ3v) is 4.74. The number of hydrogen-bond donors (Lipinski definition) is 3. The van der Waals surface area contributed by atoms with Crippen LogP contribution in [0, 0.1) is 0 Å². The summed E-state index contributed by atoms with van der Waals surface area (Å²) < 4.78 is 0. The van der Waals surface area contributed by atoms with E-state index in [1.54, 1.807) is 0 Å². The number of rotatable bonds is 5. The van der Waals surface area contributed by atoms with Gasteiger partial charge in [0.25, 0.3) is 5.91 Å². The standard InChI is InChI=1S/C24H21N3O2/c1-2-21(28)25-17-12-14-18(15-13-17)26-23(16-8-4-3-5-9-16)22-19-10-6-7-11-20(19)27-24(22)29/h3-15,26H,2H2,1H3,(H,25,28)(H,27,29). The van der Waals surface area contributed by atoms with Gasteiger partial charge in [-0.3, -0.25) is 9.59 Å². The SMILES string of the molecule is CCC(=O)Nc1ccc(NC(=C2C(=O)Nc3ccccc32)c2ccccc2)cc1. The average Bonchev–Trinajstić information content (AvgIpc) is 3.09. The van der Waals surface area contributed by atoms with Crippen LogP contribution in [-0.4, -0.2) is 11.8 Å². The second kappa shape index (κ2) is 8.02. The molecule has 1 aliphatic rings. The molecule has 3 N–H and O–H groups in total. The van der Waals surface area contributed by atoms with Gasteiger partial charge in [0.05, 0.1) is 11.3 Å². The minimum Gasteiger partial charge on any atom is -0.354 e. The van der Waals surface area contributed by atoms with Crippen LogP contribution >= 0.6 is 0 Å². The summed E-state index contributed by atoms with van der Waals surface area (Å²) in [6.07, 6.45) is 0.429. The number of anilines is 3. The minimum absolute atomic E-state index is 0.0305. The van der Waals surface area contributed by atoms with Gasteiger partial charge in [0, 0.05) is 29.0 Å². The van der Waals surface area contributed by atoms with Crippen LogP contribution in [0.3, 0.4) is 0 Å². The molecule has 0 atom stereocenters. The Labute approximate surface area is 169 Å². The molecule has 5 heteroatoms. The van der Waals surface area contributed by atoms with E-state index in [1.165, 1.54) is 0 Å². The van der Waals surface area contributed by atoms with Crippen LogP contribution in [0.2, 0.25) is 0 Å². The molecule has 0 radical (unpaired) electrons. The highest BCUT2D eigenvalue weighted by Gasteiger charge is 2.27. The number of fused-ring (bicyclic) bond motifs is 1. The molecular weight excluding hydrogens is 362 g/mol. The average molecular weight is 383 g/mol. The number of carbonyl (C=O) groups excluding carboxylic acids is 2. The predicted octanol–water partition coefficient (Wildman–Crippen LogP) is 4.97. The normalized spacial score (nSPS) is 14.0. The number of amides is 2. The zero-order chi connectivity index (χ0) is 20.2. The van der Waals surface area contributed by atoms with Crippen LogP contribution in [0.5, 0.6) is 0 Å². The molecule has 1 aliphatic heterocycles. The number of para-hydroxylation sites is 1. The Morgan fingerprint density at radius 1 is 0.828 bits per heavy atom. The van der Waals surface area contributed by atoms with E-state index in [2.05, 4.69) is 16.0 Å². The molecule has 4 rings (SSSR count). The third kappa shape index (κ3) is 3.89. The maximum atomic E-state index is 12.8. The van der Waals surface area contributed by atoms with Gasteiger partial charge in [-0.05, 0) is 35.9 Å². The lowest BCUT2D eigenvalue weighted by atomic mass is 10.00. The van der Waals surface area contributed by atoms with Gasteiger partial charge in [-0.25, -0.2) is 0 Å². The fraction of sp³-hybridized carbons (Fsp3) is 0.0833. The predicted molar refractivity (Wildman–Crippen MR) is 117 cm³/mol. The lowest BCUT2D eigenvalue weighted by Gasteiger charge is -2.15. The fourth-order valence-electron chi connectivity index (χ4n) is 3.28. The Bertz CT molecular complexity index is 1090. The zero-order valence-electron chi connectivity index (χ0n) is 16.0. The van der Waals surface area contributed by atoms with Crippen molar-refractivity contribution in [3.63, 3.8) is 0 Å². The topological polar surface area (TPSA) is 70.2 Å². The van der Waals surface area contributed by atoms with Crippen molar-refractivity contribution < 1.29 is 9.59 Å². The minimum atomic E-state index is -0.135. The monoisotopic (exact) mass is 383 g/mol. The third-order valence-electron chi connectivity index (χ3n) is 4.74. The van der Waals surface area contributed by atoms with Crippen LogP contribution in [-0.2, 0) is 9.59 Å². The van der Waals surface area contributed by atoms with Crippen molar-refractivity contribution in [2.24, 2.45) is 0 Å². The molecule has 144 valence electrons. The molecule has 0 bridgehead atoms. The van der Waals surface area contributed by atoms with Crippen molar-refractivity contribution in [1.29, 1.82) is 0 Å². The summed E-state index contributed by atoms with van der Waals surface area (Å²) in [5, 5.41) is 9.18. The second-order valence-corrected chi connectivity index (χ2v) is 6.72. The molecule has 5 nitrogen and oxygen atoms in total. The first-order chi connectivity index (χ1) is 14.2. The molecule has 3 aromatic carbocycles. The molecule has 0 aliphatic carbocycles. The molecule has 3 aromatic rings. The summed E-state index contributed by atoms with van der Waals surface area (Å²) in [7, 11) is 0. The summed E-state index contributed by atoms with van der Waals surface area (Å²) in [6.45, 7) is 1.81. The smallest absolute Gasteiger partial charge is 0.258 e. The van der Waals surface area contributed by atoms with E-state index in [0.29, 0.717) is 12.0 Å². The van der Waals surface area contributed by atoms with Crippen molar-refractivity contribution in [2.45, 2.75) is 13.3 Å². The molecule has 1 heterocycles. The van der Waals surface area contributed by atoms with Crippen molar-refractivity contribution in [3.8, 4) is 0 Å². The van der Waals surface area contributed by atoms with Gasteiger partial charge < -0.3 is 16.0 Å². The fourth-order valence-corrected chi connectivity index (χ4v) is 3.28. The molecule has 0 aromatic heterocycles. The number of nitrogens with one attached hydrogen (secondary N) is 3. The largest absolute Gasteiger partial charge is 0.354 e. The van der Waals surface area contributed by atoms with Crippen LogP contribution in [0.25, 0.3) is 11.3 Å². The summed E-state index contributed by atoms with van der Waals surface area (Å²) in [6, 6.07) is 24.9. The van der Waals surface area contributed by atoms with Gasteiger partial charge in [-0.15, -0.1) is 0 Å². The molecule has 0 saturated carbocycles. The van der Waals surface area contributed by atoms with Crippen molar-refractivity contribution >= 4 is 40.1 Å². The molecule has 29 heavy (non-hydrogen) atoms. The Hall–Kier alpha value is -3.86. The van der Waals surface area contributed by atoms with E-state index in [0.717, 1.165) is 33.9 Å². The second-order valence-electron chi connectivity index (χ2n) is 6.72. The van der Waals surface area contributed by atoms with Crippen LogP contribution in [0.4, 0.5) is 17.1 Å². The van der Waals surface area contributed by atoms with E-state index in [1.807, 2.05) is 85.8 Å². The summed E-state index contributed by atoms with van der Waals surface area (Å²) >= 11 is 0. The quantitative estimate of drug-likeness (QED) is 0.545. The van der Waals surface area contributed by atoms with Gasteiger partial charge in [-0.2, -0.15) is 0 Å². The maximum Gasteiger partial charge on any atom is 0.258 e. The van der Waals surface area contributed by atoms with Gasteiger partial charge in [0.15, 0.2) is 0 Å². The Morgan fingerprint density at radius 3 is 2.14 bits per heavy atom. The molecule has 0 fully saturated rings. The summed E-state index contributed by atoms with van der Waals surface area (Å²) in [5.74, 6) is -0.165. The molecule has 2 amide bonds. The first-order valence-electron chi connectivity index (χ1n) is 9.53. The maximum absolute atomic E-state index is 12.8. The zero-order valence-corrected chi connectivity index (χ0v) is 16.0. The highest BCUT2D eigenvalue weighted by molar-refractivity contribution is 6.37. The van der Waals surface area contributed by atoms with Crippen molar-refractivity contribution in [2.75, 3.05) is 16.0 Å². The Morgan fingerprint density at radius 2 is 1.45 bits per heavy atom. The first kappa shape index (κ1) is 18.5. The molecule has 0 unspecified atom stereocenters. The Kier molecular flexibility index (Phi) is 5.12. The summed E-state index contributed by atoms with van der Waals surface area (Å²) in [4.78, 5) is 24.4. The van der Waals surface area contributed by atoms with Gasteiger partial charge in [0.1, 0.15) is 0 Å². The van der Waals surface area contributed by atoms with E-state index in [9.17, 15) is 9.59 Å². The highest BCUT2D eigenvalue weighted by Crippen LogP contribution is 2.37. The molecular formula is C24H21N3O2. The van der Waals surface area contributed by atoms with Crippen molar-refractivity contribution in [1.82, 2.24) is 0 Å². The molecule has 0 saturated heterocycles. The van der Waals surface area contributed by atoms with Gasteiger partial charge in [-0.1, -0.05) is 55.5 Å². The van der Waals surface area contributed by atoms with E-state index < -0.39 is 0 Å². The number of carbonyl (C=O) groups is 2. The van der Waals surface area contributed by atoms with Gasteiger partial charge in [0.2, 0.25) is 5.91 Å². The lowest BCUT2D eigenvalue weighted by molar-refractivity contribution is -0.116. The first-order valence-corrected chi connectivity index (χ1v) is 9.53. The van der Waals surface area contributed by atoms with Crippen LogP contribution < -0.4 is 16.0 Å². The number of benzene rings is 3. The highest BCUT2D eigenvalue weighted by atomic mass is 16.2. The van der Waals surface area contributed by atoms with Gasteiger partial charge >= 0.3 is 0 Å². The van der Waals surface area contributed by atoms with Crippen LogP contribution in [0.1, 0.15) is 24.5 Å². The lowest BCUT2D eigenvalue weighted by Crippen LogP contribution is -2.11. The molecule has 0 spiro atoms. The van der Waals surface area contributed by atoms with E-state index >= 15 is 0 Å². The Balaban J connectivity index is 1.74. The van der Waals surface area contributed by atoms with Crippen LogP contribution in [0.15, 0.2) is 78.9 Å². The van der Waals surface area contributed by atoms with E-state index in [-0.39, 0.29) is 11.8 Å². The van der Waals surface area contributed by atoms with Crippen molar-refractivity contribution in [3.05, 3.63) is 90.0 Å². The number of hydrogen-bond acceptors (Lipinski definition) is 3. The van der Waals surface area contributed by atoms with E-state index in [4.69, 9.17) is 0 Å².